The molecule has 28 heavy (non-hydrogen) atoms. The smallest absolute Gasteiger partial charge is 0.258 e. The molecule has 2 aliphatic heterocycles. The lowest BCUT2D eigenvalue weighted by Gasteiger charge is -2.55. The van der Waals surface area contributed by atoms with Crippen LogP contribution in [0.1, 0.15) is 48.9 Å². The topological polar surface area (TPSA) is 78.9 Å². The Labute approximate surface area is 165 Å². The van der Waals surface area contributed by atoms with Crippen LogP contribution in [0.5, 0.6) is 5.75 Å². The molecule has 2 heterocycles. The van der Waals surface area contributed by atoms with E-state index in [1.807, 2.05) is 23.1 Å². The number of benzene rings is 1. The van der Waals surface area contributed by atoms with Crippen molar-refractivity contribution in [3.8, 4) is 5.75 Å². The highest BCUT2D eigenvalue weighted by Crippen LogP contribution is 2.52. The minimum Gasteiger partial charge on any atom is -0.467 e. The Morgan fingerprint density at radius 2 is 2.14 bits per heavy atom. The van der Waals surface area contributed by atoms with E-state index in [0.29, 0.717) is 24.3 Å². The van der Waals surface area contributed by atoms with Crippen LogP contribution in [0.25, 0.3) is 0 Å². The lowest BCUT2D eigenvalue weighted by atomic mass is 9.59. The summed E-state index contributed by atoms with van der Waals surface area (Å²) >= 11 is 0. The van der Waals surface area contributed by atoms with Gasteiger partial charge < -0.3 is 20.1 Å². The summed E-state index contributed by atoms with van der Waals surface area (Å²) in [6.07, 6.45) is 5.44. The van der Waals surface area contributed by atoms with E-state index in [9.17, 15) is 14.7 Å². The van der Waals surface area contributed by atoms with E-state index in [4.69, 9.17) is 4.74 Å². The molecule has 6 rings (SSSR count). The first-order valence-corrected chi connectivity index (χ1v) is 10.6. The van der Waals surface area contributed by atoms with E-state index in [1.165, 1.54) is 0 Å². The number of hydrogen-bond donors (Lipinski definition) is 2. The standard InChI is InChI=1S/C22H28N2O4/c25-13-14-4-3-9-24(12-14)21(27)18-10-16-8-7-15(18)11-22(16)23-20(26)17-5-1-2-6-19(17)28-22/h1-2,5-6,14-16,18,25H,3-4,7-13H2,(H,23,26)/t14-,15+,16-,18-,22+/m0/s1. The molecule has 3 aliphatic carbocycles. The maximum Gasteiger partial charge on any atom is 0.258 e. The lowest BCUT2D eigenvalue weighted by Crippen LogP contribution is -2.67. The van der Waals surface area contributed by atoms with Gasteiger partial charge in [-0.2, -0.15) is 0 Å². The minimum atomic E-state index is -0.666. The van der Waals surface area contributed by atoms with E-state index < -0.39 is 5.72 Å². The molecule has 5 atom stereocenters. The highest BCUT2D eigenvalue weighted by atomic mass is 16.5. The van der Waals surface area contributed by atoms with Gasteiger partial charge in [0.2, 0.25) is 5.91 Å². The molecular weight excluding hydrogens is 356 g/mol. The monoisotopic (exact) mass is 384 g/mol. The quantitative estimate of drug-likeness (QED) is 0.819. The number of para-hydroxylation sites is 1. The number of rotatable bonds is 2. The number of likely N-dealkylation sites (tertiary alicyclic amines) is 1. The number of carbonyl (C=O) groups excluding carboxylic acids is 2. The largest absolute Gasteiger partial charge is 0.467 e. The summed E-state index contributed by atoms with van der Waals surface area (Å²) in [6.45, 7) is 1.63. The average Bonchev–Trinajstić information content (AvgIpc) is 2.73. The SMILES string of the molecule is O=C1N[C@]2(C[C@H]3CC[C@H]2C[C@@H]3C(=O)N2CCC[C@H](CO)C2)Oc2ccccc21. The van der Waals surface area contributed by atoms with Crippen LogP contribution in [-0.4, -0.2) is 47.2 Å². The number of nitrogens with one attached hydrogen (secondary N) is 1. The van der Waals surface area contributed by atoms with Gasteiger partial charge in [0, 0.05) is 38.0 Å². The van der Waals surface area contributed by atoms with Crippen molar-refractivity contribution in [1.82, 2.24) is 10.2 Å². The fraction of sp³-hybridized carbons (Fsp3) is 0.636. The number of hydrogen-bond acceptors (Lipinski definition) is 4. The number of ether oxygens (including phenoxy) is 1. The van der Waals surface area contributed by atoms with Gasteiger partial charge in [0.15, 0.2) is 5.72 Å². The second-order valence-corrected chi connectivity index (χ2v) is 9.00. The lowest BCUT2D eigenvalue weighted by molar-refractivity contribution is -0.157. The fourth-order valence-corrected chi connectivity index (χ4v) is 5.91. The van der Waals surface area contributed by atoms with E-state index >= 15 is 0 Å². The van der Waals surface area contributed by atoms with Crippen molar-refractivity contribution in [3.63, 3.8) is 0 Å². The third kappa shape index (κ3) is 2.81. The number of nitrogens with zero attached hydrogens (tertiary/aromatic N) is 1. The van der Waals surface area contributed by atoms with Crippen molar-refractivity contribution in [2.24, 2.45) is 23.7 Å². The van der Waals surface area contributed by atoms with E-state index in [-0.39, 0.29) is 42.1 Å². The molecular formula is C22H28N2O4. The molecule has 0 aromatic heterocycles. The number of carbonyl (C=O) groups is 2. The molecule has 0 unspecified atom stereocenters. The Morgan fingerprint density at radius 3 is 2.93 bits per heavy atom. The van der Waals surface area contributed by atoms with Gasteiger partial charge in [-0.25, -0.2) is 0 Å². The van der Waals surface area contributed by atoms with Crippen LogP contribution in [0, 0.1) is 23.7 Å². The molecule has 4 fully saturated rings. The molecule has 6 heteroatoms. The van der Waals surface area contributed by atoms with Crippen molar-refractivity contribution in [2.75, 3.05) is 19.7 Å². The average molecular weight is 384 g/mol. The fourth-order valence-electron chi connectivity index (χ4n) is 5.91. The molecule has 1 aromatic rings. The summed E-state index contributed by atoms with van der Waals surface area (Å²) in [5.74, 6) is 1.44. The summed E-state index contributed by atoms with van der Waals surface area (Å²) in [5.41, 5.74) is -0.0775. The zero-order valence-electron chi connectivity index (χ0n) is 16.1. The summed E-state index contributed by atoms with van der Waals surface area (Å²) in [4.78, 5) is 27.9. The first-order valence-electron chi connectivity index (χ1n) is 10.6. The second kappa shape index (κ2) is 6.76. The number of amides is 2. The Bertz CT molecular complexity index is 796. The molecule has 6 nitrogen and oxygen atoms in total. The van der Waals surface area contributed by atoms with Gasteiger partial charge in [0.05, 0.1) is 5.56 Å². The zero-order chi connectivity index (χ0) is 19.3. The first kappa shape index (κ1) is 18.0. The van der Waals surface area contributed by atoms with Crippen molar-refractivity contribution in [3.05, 3.63) is 29.8 Å². The Kier molecular flexibility index (Phi) is 4.34. The highest BCUT2D eigenvalue weighted by Gasteiger charge is 2.57. The number of aliphatic hydroxyl groups excluding tert-OH is 1. The molecule has 0 radical (unpaired) electrons. The van der Waals surface area contributed by atoms with Crippen molar-refractivity contribution in [2.45, 2.75) is 44.2 Å². The summed E-state index contributed by atoms with van der Waals surface area (Å²) in [6, 6.07) is 7.40. The van der Waals surface area contributed by atoms with E-state index in [0.717, 1.165) is 38.6 Å². The summed E-state index contributed by atoms with van der Waals surface area (Å²) < 4.78 is 6.38. The highest BCUT2D eigenvalue weighted by molar-refractivity contribution is 5.98. The van der Waals surface area contributed by atoms with Crippen molar-refractivity contribution in [1.29, 1.82) is 0 Å². The van der Waals surface area contributed by atoms with Gasteiger partial charge in [0.1, 0.15) is 5.75 Å². The third-order valence-corrected chi connectivity index (χ3v) is 7.37. The number of piperidine rings is 1. The first-order chi connectivity index (χ1) is 13.6. The van der Waals surface area contributed by atoms with Crippen LogP contribution in [-0.2, 0) is 4.79 Å². The van der Waals surface area contributed by atoms with Gasteiger partial charge in [-0.1, -0.05) is 12.1 Å². The maximum absolute atomic E-state index is 13.3. The molecule has 2 N–H and O–H groups in total. The Morgan fingerprint density at radius 1 is 1.29 bits per heavy atom. The van der Waals surface area contributed by atoms with Gasteiger partial charge in [-0.15, -0.1) is 0 Å². The normalized spacial score (nSPS) is 36.6. The van der Waals surface area contributed by atoms with Gasteiger partial charge in [0.25, 0.3) is 5.91 Å². The number of fused-ring (bicyclic) bond motifs is 3. The predicted molar refractivity (Wildman–Crippen MR) is 103 cm³/mol. The van der Waals surface area contributed by atoms with Crippen LogP contribution in [0.4, 0.5) is 0 Å². The molecule has 5 aliphatic rings. The van der Waals surface area contributed by atoms with E-state index in [1.54, 1.807) is 6.07 Å². The molecule has 1 saturated heterocycles. The zero-order valence-corrected chi connectivity index (χ0v) is 16.1. The summed E-state index contributed by atoms with van der Waals surface area (Å²) in [7, 11) is 0. The van der Waals surface area contributed by atoms with Crippen molar-refractivity contribution < 1.29 is 19.4 Å². The molecule has 150 valence electrons. The molecule has 2 amide bonds. The van der Waals surface area contributed by atoms with Crippen LogP contribution >= 0.6 is 0 Å². The Hall–Kier alpha value is -2.08. The Balaban J connectivity index is 1.34. The third-order valence-electron chi connectivity index (χ3n) is 7.37. The predicted octanol–water partition coefficient (Wildman–Crippen LogP) is 2.17. The minimum absolute atomic E-state index is 0.0134. The molecule has 3 saturated carbocycles. The second-order valence-electron chi connectivity index (χ2n) is 9.00. The molecule has 1 spiro atoms. The maximum atomic E-state index is 13.3. The van der Waals surface area contributed by atoms with Gasteiger partial charge >= 0.3 is 0 Å². The molecule has 1 aromatic carbocycles. The van der Waals surface area contributed by atoms with E-state index in [2.05, 4.69) is 5.32 Å². The van der Waals surface area contributed by atoms with Crippen LogP contribution in [0.2, 0.25) is 0 Å². The van der Waals surface area contributed by atoms with Crippen LogP contribution < -0.4 is 10.1 Å². The van der Waals surface area contributed by atoms with Gasteiger partial charge in [-0.3, -0.25) is 9.59 Å². The van der Waals surface area contributed by atoms with Crippen molar-refractivity contribution >= 4 is 11.8 Å². The number of aliphatic hydroxyl groups is 1. The molecule has 2 bridgehead atoms. The van der Waals surface area contributed by atoms with Crippen LogP contribution in [0.15, 0.2) is 24.3 Å². The van der Waals surface area contributed by atoms with Crippen LogP contribution in [0.3, 0.4) is 0 Å². The van der Waals surface area contributed by atoms with Gasteiger partial charge in [-0.05, 0) is 56.1 Å². The summed E-state index contributed by atoms with van der Waals surface area (Å²) in [5, 5.41) is 12.6.